The third-order valence-electron chi connectivity index (χ3n) is 1.54. The molecule has 0 bridgehead atoms. The average Bonchev–Trinajstić information content (AvgIpc) is 2.10. The van der Waals surface area contributed by atoms with Crippen LogP contribution in [0.5, 0.6) is 0 Å². The number of nitrogens with one attached hydrogen (secondary N) is 2. The summed E-state index contributed by atoms with van der Waals surface area (Å²) in [5, 5.41) is 17.5. The number of aliphatic hydroxyl groups excluding tert-OH is 2. The molecule has 0 fully saturated rings. The van der Waals surface area contributed by atoms with Crippen LogP contribution < -0.4 is 17.1 Å². The van der Waals surface area contributed by atoms with Gasteiger partial charge in [-0.1, -0.05) is 0 Å². The molecule has 14 heavy (non-hydrogen) atoms. The molecule has 0 amide bonds. The lowest BCUT2D eigenvalue weighted by molar-refractivity contribution is 0.0788. The van der Waals surface area contributed by atoms with Crippen LogP contribution in [0.2, 0.25) is 0 Å². The number of nitrogens with zero attached hydrogens (tertiary/aromatic N) is 1. The molecular formula is C6H9N3O5. The van der Waals surface area contributed by atoms with Crippen LogP contribution in [0.15, 0.2) is 14.4 Å². The van der Waals surface area contributed by atoms with Crippen LogP contribution in [0.25, 0.3) is 0 Å². The lowest BCUT2D eigenvalue weighted by Crippen LogP contribution is -2.45. The summed E-state index contributed by atoms with van der Waals surface area (Å²) >= 11 is 0. The Morgan fingerprint density at radius 3 is 2.14 bits per heavy atom. The second-order valence-corrected chi connectivity index (χ2v) is 2.64. The van der Waals surface area contributed by atoms with Crippen LogP contribution in [-0.4, -0.2) is 37.5 Å². The Bertz CT molecular complexity index is 435. The molecule has 1 heterocycles. The number of aromatic nitrogens is 3. The van der Waals surface area contributed by atoms with E-state index in [4.69, 9.17) is 10.2 Å². The first-order valence-electron chi connectivity index (χ1n) is 3.77. The van der Waals surface area contributed by atoms with Gasteiger partial charge in [-0.2, -0.15) is 0 Å². The summed E-state index contributed by atoms with van der Waals surface area (Å²) in [5.74, 6) is 0. The second-order valence-electron chi connectivity index (χ2n) is 2.64. The lowest BCUT2D eigenvalue weighted by Gasteiger charge is -2.06. The quantitative estimate of drug-likeness (QED) is 0.406. The van der Waals surface area contributed by atoms with Crippen LogP contribution in [-0.2, 0) is 6.54 Å². The third kappa shape index (κ3) is 2.18. The molecule has 0 spiro atoms. The van der Waals surface area contributed by atoms with E-state index in [9.17, 15) is 14.4 Å². The number of rotatable bonds is 3. The summed E-state index contributed by atoms with van der Waals surface area (Å²) in [4.78, 5) is 36.2. The average molecular weight is 203 g/mol. The molecule has 1 aromatic heterocycles. The minimum atomic E-state index is -1.22. The highest BCUT2D eigenvalue weighted by Crippen LogP contribution is 1.81. The summed E-state index contributed by atoms with van der Waals surface area (Å²) in [7, 11) is 0. The molecular weight excluding hydrogens is 194 g/mol. The van der Waals surface area contributed by atoms with Crippen molar-refractivity contribution in [2.24, 2.45) is 0 Å². The van der Waals surface area contributed by atoms with E-state index in [1.54, 1.807) is 0 Å². The Balaban J connectivity index is 3.16. The molecule has 4 N–H and O–H groups in total. The van der Waals surface area contributed by atoms with Gasteiger partial charge in [-0.25, -0.2) is 19.0 Å². The topological polar surface area (TPSA) is 128 Å². The van der Waals surface area contributed by atoms with Crippen molar-refractivity contribution in [3.8, 4) is 0 Å². The van der Waals surface area contributed by atoms with Crippen molar-refractivity contribution in [3.05, 3.63) is 31.5 Å². The van der Waals surface area contributed by atoms with Crippen molar-refractivity contribution in [2.45, 2.75) is 12.6 Å². The van der Waals surface area contributed by atoms with Crippen LogP contribution in [0.4, 0.5) is 0 Å². The second kappa shape index (κ2) is 4.03. The molecule has 0 aromatic carbocycles. The first kappa shape index (κ1) is 10.4. The first-order valence-corrected chi connectivity index (χ1v) is 3.77. The molecule has 1 rings (SSSR count). The van der Waals surface area contributed by atoms with Crippen LogP contribution >= 0.6 is 0 Å². The molecule has 0 saturated heterocycles. The van der Waals surface area contributed by atoms with E-state index < -0.39 is 29.8 Å². The van der Waals surface area contributed by atoms with Gasteiger partial charge in [0.1, 0.15) is 0 Å². The third-order valence-corrected chi connectivity index (χ3v) is 1.54. The Morgan fingerprint density at radius 1 is 1.21 bits per heavy atom. The van der Waals surface area contributed by atoms with Gasteiger partial charge in [0.2, 0.25) is 0 Å². The normalized spacial score (nSPS) is 12.7. The summed E-state index contributed by atoms with van der Waals surface area (Å²) in [5.41, 5.74) is -2.76. The van der Waals surface area contributed by atoms with E-state index in [2.05, 4.69) is 0 Å². The molecule has 0 aliphatic rings. The summed E-state index contributed by atoms with van der Waals surface area (Å²) in [6.07, 6.45) is -1.22. The Kier molecular flexibility index (Phi) is 2.99. The van der Waals surface area contributed by atoms with Gasteiger partial charge in [0.05, 0.1) is 19.3 Å². The van der Waals surface area contributed by atoms with Gasteiger partial charge >= 0.3 is 17.1 Å². The van der Waals surface area contributed by atoms with Crippen molar-refractivity contribution in [3.63, 3.8) is 0 Å². The van der Waals surface area contributed by atoms with Gasteiger partial charge in [-0.05, 0) is 0 Å². The molecule has 1 unspecified atom stereocenters. The van der Waals surface area contributed by atoms with Gasteiger partial charge < -0.3 is 10.2 Å². The number of aliphatic hydroxyl groups is 2. The van der Waals surface area contributed by atoms with Crippen LogP contribution in [0.1, 0.15) is 0 Å². The van der Waals surface area contributed by atoms with Crippen molar-refractivity contribution in [1.29, 1.82) is 0 Å². The predicted molar refractivity (Wildman–Crippen MR) is 45.0 cm³/mol. The van der Waals surface area contributed by atoms with Crippen molar-refractivity contribution >= 4 is 0 Å². The van der Waals surface area contributed by atoms with Crippen LogP contribution in [0.3, 0.4) is 0 Å². The number of hydrogen-bond donors (Lipinski definition) is 4. The fraction of sp³-hybridized carbons (Fsp3) is 0.500. The summed E-state index contributed by atoms with van der Waals surface area (Å²) in [6, 6.07) is 0. The van der Waals surface area contributed by atoms with Crippen molar-refractivity contribution in [1.82, 2.24) is 14.5 Å². The Morgan fingerprint density at radius 2 is 1.71 bits per heavy atom. The fourth-order valence-corrected chi connectivity index (χ4v) is 0.887. The minimum Gasteiger partial charge on any atom is -0.394 e. The molecule has 0 radical (unpaired) electrons. The maximum atomic E-state index is 11.0. The van der Waals surface area contributed by atoms with Gasteiger partial charge in [-0.3, -0.25) is 9.97 Å². The van der Waals surface area contributed by atoms with Gasteiger partial charge in [0.25, 0.3) is 0 Å². The van der Waals surface area contributed by atoms with Gasteiger partial charge in [-0.15, -0.1) is 0 Å². The highest BCUT2D eigenvalue weighted by atomic mass is 16.3. The number of aromatic amines is 2. The highest BCUT2D eigenvalue weighted by Gasteiger charge is 2.08. The first-order chi connectivity index (χ1) is 6.54. The van der Waals surface area contributed by atoms with E-state index in [0.29, 0.717) is 4.57 Å². The molecule has 8 heteroatoms. The van der Waals surface area contributed by atoms with Gasteiger partial charge in [0, 0.05) is 0 Å². The standard InChI is InChI=1S/C6H9N3O5/c10-2-3(11)1-9-5(13)7-4(12)8-6(9)14/h3,10-11H,1-2H2,(H2,7,8,12,13,14). The SMILES string of the molecule is O=c1[nH]c(=O)n(CC(O)CO)c(=O)[nH]1. The molecule has 8 nitrogen and oxygen atoms in total. The lowest BCUT2D eigenvalue weighted by atomic mass is 10.4. The molecule has 1 atom stereocenters. The van der Waals surface area contributed by atoms with E-state index in [0.717, 1.165) is 0 Å². The zero-order chi connectivity index (χ0) is 10.7. The van der Waals surface area contributed by atoms with Crippen molar-refractivity contribution in [2.75, 3.05) is 6.61 Å². The van der Waals surface area contributed by atoms with Gasteiger partial charge in [0.15, 0.2) is 0 Å². The maximum absolute atomic E-state index is 11.0. The smallest absolute Gasteiger partial charge is 0.333 e. The van der Waals surface area contributed by atoms with Crippen LogP contribution in [0, 0.1) is 0 Å². The zero-order valence-corrected chi connectivity index (χ0v) is 7.06. The number of hydrogen-bond acceptors (Lipinski definition) is 5. The molecule has 0 aliphatic carbocycles. The highest BCUT2D eigenvalue weighted by molar-refractivity contribution is 4.70. The van der Waals surface area contributed by atoms with E-state index >= 15 is 0 Å². The predicted octanol–water partition coefficient (Wildman–Crippen LogP) is -3.42. The van der Waals surface area contributed by atoms with Crippen molar-refractivity contribution < 1.29 is 10.2 Å². The molecule has 0 saturated carbocycles. The number of H-pyrrole nitrogens is 2. The fourth-order valence-electron chi connectivity index (χ4n) is 0.887. The maximum Gasteiger partial charge on any atom is 0.333 e. The minimum absolute atomic E-state index is 0.374. The zero-order valence-electron chi connectivity index (χ0n) is 7.06. The van der Waals surface area contributed by atoms with E-state index in [1.165, 1.54) is 0 Å². The molecule has 78 valence electrons. The molecule has 0 aliphatic heterocycles. The Labute approximate surface area is 76.5 Å². The summed E-state index contributed by atoms with van der Waals surface area (Å²) in [6.45, 7) is -0.952. The largest absolute Gasteiger partial charge is 0.394 e. The summed E-state index contributed by atoms with van der Waals surface area (Å²) < 4.78 is 0.586. The van der Waals surface area contributed by atoms with E-state index in [-0.39, 0.29) is 6.54 Å². The monoisotopic (exact) mass is 203 g/mol. The Hall–Kier alpha value is -1.67. The van der Waals surface area contributed by atoms with E-state index in [1.807, 2.05) is 9.97 Å². The molecule has 1 aromatic rings.